The first-order valence-corrected chi connectivity index (χ1v) is 10.4. The van der Waals surface area contributed by atoms with Crippen LogP contribution >= 0.6 is 0 Å². The predicted octanol–water partition coefficient (Wildman–Crippen LogP) is 1.67. The number of aromatic amines is 1. The largest absolute Gasteiger partial charge is 0.497 e. The fourth-order valence-electron chi connectivity index (χ4n) is 5.12. The Balaban J connectivity index is 1.35. The van der Waals surface area contributed by atoms with Crippen LogP contribution in [-0.4, -0.2) is 64.2 Å². The van der Waals surface area contributed by atoms with Crippen molar-refractivity contribution >= 4 is 11.8 Å². The summed E-state index contributed by atoms with van der Waals surface area (Å²) in [6, 6.07) is 9.60. The molecule has 1 spiro atoms. The van der Waals surface area contributed by atoms with Crippen LogP contribution in [0.5, 0.6) is 5.75 Å². The maximum Gasteiger partial charge on any atom is 0.230 e. The van der Waals surface area contributed by atoms with Gasteiger partial charge in [0.25, 0.3) is 0 Å². The van der Waals surface area contributed by atoms with Gasteiger partial charge in [0.2, 0.25) is 11.8 Å². The van der Waals surface area contributed by atoms with Crippen molar-refractivity contribution in [3.63, 3.8) is 0 Å². The van der Waals surface area contributed by atoms with Crippen LogP contribution in [-0.2, 0) is 27.4 Å². The molecule has 4 atom stereocenters. The van der Waals surface area contributed by atoms with Crippen LogP contribution < -0.4 is 4.74 Å². The number of likely N-dealkylation sites (tertiary alicyclic amines) is 1. The molecule has 0 aliphatic carbocycles. The second-order valence-electron chi connectivity index (χ2n) is 8.68. The summed E-state index contributed by atoms with van der Waals surface area (Å²) in [7, 11) is 3.37. The third kappa shape index (κ3) is 3.22. The first-order chi connectivity index (χ1) is 14.9. The predicted molar refractivity (Wildman–Crippen MR) is 112 cm³/mol. The van der Waals surface area contributed by atoms with Gasteiger partial charge in [0.05, 0.1) is 43.8 Å². The molecule has 1 aromatic heterocycles. The molecule has 3 aliphatic rings. The number of H-pyrrole nitrogens is 1. The molecular weight excluding hydrogens is 396 g/mol. The highest BCUT2D eigenvalue weighted by molar-refractivity contribution is 5.93. The zero-order chi connectivity index (χ0) is 21.8. The van der Waals surface area contributed by atoms with Crippen molar-refractivity contribution in [3.05, 3.63) is 59.4 Å². The van der Waals surface area contributed by atoms with E-state index in [1.54, 1.807) is 24.0 Å². The number of carbonyl (C=O) groups is 2. The molecule has 2 aromatic rings. The lowest BCUT2D eigenvalue weighted by molar-refractivity contribution is -0.142. The van der Waals surface area contributed by atoms with Gasteiger partial charge in [-0.3, -0.25) is 14.7 Å². The number of nitrogens with one attached hydrogen (secondary N) is 1. The topological polar surface area (TPSA) is 87.8 Å². The third-order valence-corrected chi connectivity index (χ3v) is 6.51. The minimum Gasteiger partial charge on any atom is -0.497 e. The fraction of sp³-hybridized carbons (Fsp3) is 0.435. The van der Waals surface area contributed by atoms with Gasteiger partial charge >= 0.3 is 0 Å². The number of amides is 2. The molecule has 0 unspecified atom stereocenters. The third-order valence-electron chi connectivity index (χ3n) is 6.51. The van der Waals surface area contributed by atoms with Gasteiger partial charge in [0.1, 0.15) is 11.4 Å². The molecule has 2 saturated heterocycles. The van der Waals surface area contributed by atoms with E-state index in [1.165, 1.54) is 0 Å². The normalized spacial score (nSPS) is 28.3. The van der Waals surface area contributed by atoms with Crippen molar-refractivity contribution in [2.45, 2.75) is 31.7 Å². The van der Waals surface area contributed by atoms with Crippen LogP contribution in [0.1, 0.15) is 17.0 Å². The number of methoxy groups -OCH3 is 1. The van der Waals surface area contributed by atoms with Gasteiger partial charge < -0.3 is 19.3 Å². The second-order valence-corrected chi connectivity index (χ2v) is 8.68. The first-order valence-electron chi connectivity index (χ1n) is 10.4. The molecule has 4 heterocycles. The number of aromatic nitrogens is 2. The minimum absolute atomic E-state index is 0.0305. The molecule has 1 N–H and O–H groups in total. The van der Waals surface area contributed by atoms with Crippen LogP contribution in [0.15, 0.2) is 42.5 Å². The van der Waals surface area contributed by atoms with E-state index in [0.29, 0.717) is 19.6 Å². The molecule has 1 aromatic carbocycles. The van der Waals surface area contributed by atoms with Crippen molar-refractivity contribution in [1.82, 2.24) is 20.0 Å². The summed E-state index contributed by atoms with van der Waals surface area (Å²) in [6.45, 7) is 3.22. The maximum atomic E-state index is 13.4. The molecule has 31 heavy (non-hydrogen) atoms. The number of nitrogens with zero attached hydrogens (tertiary/aromatic N) is 3. The Morgan fingerprint density at radius 2 is 2.26 bits per heavy atom. The van der Waals surface area contributed by atoms with Crippen molar-refractivity contribution in [2.75, 3.05) is 20.7 Å². The van der Waals surface area contributed by atoms with Gasteiger partial charge in [-0.15, -0.1) is 0 Å². The van der Waals surface area contributed by atoms with Gasteiger partial charge in [-0.05, 0) is 30.7 Å². The van der Waals surface area contributed by atoms with E-state index >= 15 is 0 Å². The summed E-state index contributed by atoms with van der Waals surface area (Å²) in [5, 5.41) is 7.11. The molecule has 2 fully saturated rings. The van der Waals surface area contributed by atoms with E-state index in [0.717, 1.165) is 22.7 Å². The summed E-state index contributed by atoms with van der Waals surface area (Å²) in [5.41, 5.74) is 2.00. The highest BCUT2D eigenvalue weighted by Gasteiger charge is 2.67. The SMILES string of the molecule is COc1cccc(CN2C[C@]34C=C[C@H](O3)[C@@H](C(=O)N(C)Cc3cc(C)[nH]n3)[C@H]4C2=O)c1. The number of aryl methyl sites for hydroxylation is 1. The minimum atomic E-state index is -0.718. The molecule has 162 valence electrons. The summed E-state index contributed by atoms with van der Waals surface area (Å²) in [4.78, 5) is 30.2. The number of fused-ring (bicyclic) bond motifs is 1. The summed E-state index contributed by atoms with van der Waals surface area (Å²) >= 11 is 0. The summed E-state index contributed by atoms with van der Waals surface area (Å²) in [6.07, 6.45) is 3.56. The van der Waals surface area contributed by atoms with Crippen molar-refractivity contribution < 1.29 is 19.1 Å². The molecule has 8 heteroatoms. The molecule has 8 nitrogen and oxygen atoms in total. The van der Waals surface area contributed by atoms with Crippen LogP contribution in [0.2, 0.25) is 0 Å². The summed E-state index contributed by atoms with van der Waals surface area (Å²) in [5.74, 6) is -0.375. The lowest BCUT2D eigenvalue weighted by atomic mass is 9.76. The highest BCUT2D eigenvalue weighted by atomic mass is 16.5. The first kappa shape index (κ1) is 19.8. The number of benzene rings is 1. The number of hydrogen-bond acceptors (Lipinski definition) is 5. The zero-order valence-electron chi connectivity index (χ0n) is 17.9. The Morgan fingerprint density at radius 3 is 3.00 bits per heavy atom. The average Bonchev–Trinajstić information content (AvgIpc) is 3.50. The number of rotatable bonds is 6. The molecule has 2 bridgehead atoms. The van der Waals surface area contributed by atoms with Crippen molar-refractivity contribution in [1.29, 1.82) is 0 Å². The smallest absolute Gasteiger partial charge is 0.230 e. The van der Waals surface area contributed by atoms with Crippen molar-refractivity contribution in [2.24, 2.45) is 11.8 Å². The Labute approximate surface area is 180 Å². The number of ether oxygens (including phenoxy) is 2. The Hall–Kier alpha value is -3.13. The van der Waals surface area contributed by atoms with Gasteiger partial charge in [-0.25, -0.2) is 0 Å². The molecular formula is C23H26N4O4. The summed E-state index contributed by atoms with van der Waals surface area (Å²) < 4.78 is 11.5. The fourth-order valence-corrected chi connectivity index (χ4v) is 5.12. The Bertz CT molecular complexity index is 1060. The Kier molecular flexibility index (Phi) is 4.62. The van der Waals surface area contributed by atoms with E-state index in [9.17, 15) is 9.59 Å². The standard InChI is InChI=1S/C23H26N4O4/c1-14-9-16(25-24-14)12-26(2)21(28)19-18-7-8-23(31-18)13-27(22(29)20(19)23)11-15-5-4-6-17(10-15)30-3/h4-10,18-20H,11-13H2,1-3H3,(H,24,25)/t18-,19+,20-,23-/m0/s1. The molecule has 0 radical (unpaired) electrons. The molecule has 2 amide bonds. The van der Waals surface area contributed by atoms with Crippen LogP contribution in [0.4, 0.5) is 0 Å². The lowest BCUT2D eigenvalue weighted by Gasteiger charge is -2.27. The van der Waals surface area contributed by atoms with Gasteiger partial charge in [-0.2, -0.15) is 5.10 Å². The number of carbonyl (C=O) groups excluding carboxylic acids is 2. The molecule has 5 rings (SSSR count). The maximum absolute atomic E-state index is 13.4. The van der Waals surface area contributed by atoms with Gasteiger partial charge in [-0.1, -0.05) is 24.3 Å². The van der Waals surface area contributed by atoms with Gasteiger partial charge in [0.15, 0.2) is 0 Å². The molecule has 0 saturated carbocycles. The van der Waals surface area contributed by atoms with E-state index in [4.69, 9.17) is 9.47 Å². The van der Waals surface area contributed by atoms with Crippen LogP contribution in [0, 0.1) is 18.8 Å². The second kappa shape index (κ2) is 7.23. The Morgan fingerprint density at radius 1 is 1.42 bits per heavy atom. The van der Waals surface area contributed by atoms with E-state index < -0.39 is 17.4 Å². The lowest BCUT2D eigenvalue weighted by Crippen LogP contribution is -2.44. The van der Waals surface area contributed by atoms with Crippen LogP contribution in [0.3, 0.4) is 0 Å². The average molecular weight is 422 g/mol. The van der Waals surface area contributed by atoms with E-state index in [-0.39, 0.29) is 17.9 Å². The molecule has 3 aliphatic heterocycles. The highest BCUT2D eigenvalue weighted by Crippen LogP contribution is 2.52. The zero-order valence-corrected chi connectivity index (χ0v) is 17.9. The quantitative estimate of drug-likeness (QED) is 0.716. The van der Waals surface area contributed by atoms with Crippen LogP contribution in [0.25, 0.3) is 0 Å². The van der Waals surface area contributed by atoms with E-state index in [1.807, 2.05) is 49.4 Å². The van der Waals surface area contributed by atoms with E-state index in [2.05, 4.69) is 10.2 Å². The van der Waals surface area contributed by atoms with Gasteiger partial charge in [0, 0.05) is 19.3 Å². The monoisotopic (exact) mass is 422 g/mol. The van der Waals surface area contributed by atoms with Crippen molar-refractivity contribution in [3.8, 4) is 5.75 Å². The number of hydrogen-bond donors (Lipinski definition) is 1.